The van der Waals surface area contributed by atoms with Gasteiger partial charge in [-0.05, 0) is 24.1 Å². The van der Waals surface area contributed by atoms with E-state index in [1.54, 1.807) is 11.0 Å². The zero-order valence-electron chi connectivity index (χ0n) is 10.7. The molecule has 110 valence electrons. The van der Waals surface area contributed by atoms with Crippen molar-refractivity contribution in [1.29, 1.82) is 0 Å². The lowest BCUT2D eigenvalue weighted by Gasteiger charge is -2.19. The second-order valence-corrected chi connectivity index (χ2v) is 5.00. The second kappa shape index (κ2) is 4.77. The van der Waals surface area contributed by atoms with Crippen LogP contribution in [-0.2, 0) is 12.6 Å². The lowest BCUT2D eigenvalue weighted by Crippen LogP contribution is -2.16. The van der Waals surface area contributed by atoms with E-state index in [4.69, 9.17) is 17.3 Å². The van der Waals surface area contributed by atoms with Crippen LogP contribution in [0.2, 0.25) is 5.15 Å². The third-order valence-corrected chi connectivity index (χ3v) is 3.50. The van der Waals surface area contributed by atoms with Crippen molar-refractivity contribution in [2.75, 3.05) is 17.2 Å². The summed E-state index contributed by atoms with van der Waals surface area (Å²) in [6.07, 6.45) is -4.09. The third kappa shape index (κ3) is 2.49. The largest absolute Gasteiger partial charge is 0.416 e. The number of nitrogen functional groups attached to an aromatic ring is 1. The fraction of sp³-hybridized carbons (Fsp3) is 0.231. The molecule has 3 rings (SSSR count). The molecule has 0 unspecified atom stereocenters. The number of anilines is 3. The molecule has 0 spiro atoms. The van der Waals surface area contributed by atoms with Gasteiger partial charge in [0.2, 0.25) is 5.95 Å². The summed E-state index contributed by atoms with van der Waals surface area (Å²) in [4.78, 5) is 9.44. The van der Waals surface area contributed by atoms with Crippen molar-refractivity contribution < 1.29 is 13.2 Å². The lowest BCUT2D eigenvalue weighted by atomic mass is 10.0. The molecule has 2 aromatic rings. The van der Waals surface area contributed by atoms with Gasteiger partial charge in [-0.2, -0.15) is 18.2 Å². The average Bonchev–Trinajstić information content (AvgIpc) is 2.79. The zero-order valence-corrected chi connectivity index (χ0v) is 11.4. The molecule has 2 N–H and O–H groups in total. The van der Waals surface area contributed by atoms with Crippen LogP contribution < -0.4 is 10.6 Å². The van der Waals surface area contributed by atoms with Crippen molar-refractivity contribution in [3.05, 3.63) is 40.5 Å². The molecule has 1 aromatic heterocycles. The van der Waals surface area contributed by atoms with Gasteiger partial charge in [-0.1, -0.05) is 17.7 Å². The first kappa shape index (κ1) is 13.9. The molecule has 0 saturated carbocycles. The van der Waals surface area contributed by atoms with Crippen molar-refractivity contribution >= 4 is 29.1 Å². The number of hydrogen-bond acceptors (Lipinski definition) is 4. The Morgan fingerprint density at radius 3 is 2.67 bits per heavy atom. The Morgan fingerprint density at radius 2 is 2.00 bits per heavy atom. The number of fused-ring (bicyclic) bond motifs is 1. The summed E-state index contributed by atoms with van der Waals surface area (Å²) in [5.41, 5.74) is 5.65. The quantitative estimate of drug-likeness (QED) is 0.819. The van der Waals surface area contributed by atoms with E-state index in [9.17, 15) is 13.2 Å². The van der Waals surface area contributed by atoms with Gasteiger partial charge in [0.1, 0.15) is 11.0 Å². The number of hydrogen-bond donors (Lipinski definition) is 1. The highest BCUT2D eigenvalue weighted by atomic mass is 35.5. The first-order chi connectivity index (χ1) is 9.86. The Bertz CT molecular complexity index is 682. The minimum Gasteiger partial charge on any atom is -0.368 e. The molecule has 0 aliphatic carbocycles. The molecule has 1 aliphatic rings. The van der Waals surface area contributed by atoms with Gasteiger partial charge >= 0.3 is 6.18 Å². The topological polar surface area (TPSA) is 55.0 Å². The number of nitrogens with two attached hydrogens (primary N) is 1. The van der Waals surface area contributed by atoms with Gasteiger partial charge < -0.3 is 10.6 Å². The van der Waals surface area contributed by atoms with Gasteiger partial charge in [-0.3, -0.25) is 0 Å². The fourth-order valence-electron chi connectivity index (χ4n) is 2.50. The van der Waals surface area contributed by atoms with Crippen LogP contribution in [0.5, 0.6) is 0 Å². The first-order valence-corrected chi connectivity index (χ1v) is 6.51. The number of rotatable bonds is 1. The van der Waals surface area contributed by atoms with Crippen LogP contribution in [0.4, 0.5) is 30.6 Å². The highest BCUT2D eigenvalue weighted by Gasteiger charge is 2.37. The molecule has 8 heteroatoms. The van der Waals surface area contributed by atoms with Crippen LogP contribution in [0.1, 0.15) is 11.1 Å². The van der Waals surface area contributed by atoms with E-state index < -0.39 is 11.7 Å². The zero-order chi connectivity index (χ0) is 15.2. The first-order valence-electron chi connectivity index (χ1n) is 6.13. The van der Waals surface area contributed by atoms with Gasteiger partial charge in [0.15, 0.2) is 0 Å². The number of nitrogens with zero attached hydrogens (tertiary/aromatic N) is 3. The van der Waals surface area contributed by atoms with Crippen molar-refractivity contribution in [2.24, 2.45) is 0 Å². The monoisotopic (exact) mass is 314 g/mol. The van der Waals surface area contributed by atoms with Gasteiger partial charge in [0, 0.05) is 18.3 Å². The number of aromatic nitrogens is 2. The Kier molecular flexibility index (Phi) is 3.16. The van der Waals surface area contributed by atoms with Crippen LogP contribution >= 0.6 is 11.6 Å². The Morgan fingerprint density at radius 1 is 1.24 bits per heavy atom. The molecular formula is C13H10ClF3N4. The van der Waals surface area contributed by atoms with Gasteiger partial charge in [-0.25, -0.2) is 4.98 Å². The van der Waals surface area contributed by atoms with E-state index in [-0.39, 0.29) is 23.1 Å². The molecule has 0 fully saturated rings. The number of alkyl halides is 3. The van der Waals surface area contributed by atoms with Crippen molar-refractivity contribution in [3.63, 3.8) is 0 Å². The number of halogens is 4. The molecule has 0 radical (unpaired) electrons. The summed E-state index contributed by atoms with van der Waals surface area (Å²) in [6, 6.07) is 5.58. The maximum absolute atomic E-state index is 13.0. The van der Waals surface area contributed by atoms with Crippen LogP contribution in [-0.4, -0.2) is 16.5 Å². The molecule has 1 aliphatic heterocycles. The summed E-state index contributed by atoms with van der Waals surface area (Å²) in [5, 5.41) is 0.151. The van der Waals surface area contributed by atoms with E-state index in [1.807, 2.05) is 0 Å². The maximum Gasteiger partial charge on any atom is 0.416 e. The van der Waals surface area contributed by atoms with E-state index in [2.05, 4.69) is 9.97 Å². The molecule has 2 heterocycles. The molecule has 1 aromatic carbocycles. The summed E-state index contributed by atoms with van der Waals surface area (Å²) in [5.74, 6) is 0.378. The summed E-state index contributed by atoms with van der Waals surface area (Å²) in [6.45, 7) is 0.384. The summed E-state index contributed by atoms with van der Waals surface area (Å²) < 4.78 is 39.0. The highest BCUT2D eigenvalue weighted by Crippen LogP contribution is 2.41. The Labute approximate surface area is 123 Å². The molecule has 0 bridgehead atoms. The van der Waals surface area contributed by atoms with Crippen LogP contribution in [0, 0.1) is 0 Å². The van der Waals surface area contributed by atoms with E-state index in [0.717, 1.165) is 6.07 Å². The highest BCUT2D eigenvalue weighted by molar-refractivity contribution is 6.29. The van der Waals surface area contributed by atoms with Crippen LogP contribution in [0.15, 0.2) is 24.3 Å². The number of benzene rings is 1. The standard InChI is InChI=1S/C13H10ClF3N4/c14-10-6-11(20-12(18)19-10)21-5-4-7-8(13(15,16)17)2-1-3-9(7)21/h1-3,6H,4-5H2,(H2,18,19,20). The lowest BCUT2D eigenvalue weighted by molar-refractivity contribution is -0.138. The van der Waals surface area contributed by atoms with E-state index in [0.29, 0.717) is 18.1 Å². The van der Waals surface area contributed by atoms with E-state index in [1.165, 1.54) is 12.1 Å². The fourth-order valence-corrected chi connectivity index (χ4v) is 2.68. The Balaban J connectivity index is 2.09. The molecule has 0 saturated heterocycles. The normalized spacial score (nSPS) is 14.4. The molecular weight excluding hydrogens is 305 g/mol. The molecule has 0 amide bonds. The predicted molar refractivity (Wildman–Crippen MR) is 73.6 cm³/mol. The second-order valence-electron chi connectivity index (χ2n) is 4.61. The minimum atomic E-state index is -4.37. The van der Waals surface area contributed by atoms with Crippen molar-refractivity contribution in [2.45, 2.75) is 12.6 Å². The third-order valence-electron chi connectivity index (χ3n) is 3.31. The van der Waals surface area contributed by atoms with E-state index >= 15 is 0 Å². The Hall–Kier alpha value is -2.02. The predicted octanol–water partition coefficient (Wildman–Crippen LogP) is 3.43. The summed E-state index contributed by atoms with van der Waals surface area (Å²) >= 11 is 5.82. The van der Waals surface area contributed by atoms with Gasteiger partial charge in [0.25, 0.3) is 0 Å². The van der Waals surface area contributed by atoms with Crippen LogP contribution in [0.3, 0.4) is 0 Å². The minimum absolute atomic E-state index is 0.0158. The molecule has 4 nitrogen and oxygen atoms in total. The average molecular weight is 315 g/mol. The SMILES string of the molecule is Nc1nc(Cl)cc(N2CCc3c2cccc3C(F)(F)F)n1. The van der Waals surface area contributed by atoms with Gasteiger partial charge in [-0.15, -0.1) is 0 Å². The molecule has 21 heavy (non-hydrogen) atoms. The molecule has 0 atom stereocenters. The van der Waals surface area contributed by atoms with Gasteiger partial charge in [0.05, 0.1) is 5.56 Å². The van der Waals surface area contributed by atoms with Crippen molar-refractivity contribution in [1.82, 2.24) is 9.97 Å². The summed E-state index contributed by atoms with van der Waals surface area (Å²) in [7, 11) is 0. The van der Waals surface area contributed by atoms with Crippen molar-refractivity contribution in [3.8, 4) is 0 Å². The smallest absolute Gasteiger partial charge is 0.368 e. The maximum atomic E-state index is 13.0. The van der Waals surface area contributed by atoms with Crippen LogP contribution in [0.25, 0.3) is 0 Å².